The Morgan fingerprint density at radius 2 is 2.06 bits per heavy atom. The molecular weight excluding hydrogens is 312 g/mol. The molecule has 2 heterocycles. The van der Waals surface area contributed by atoms with Gasteiger partial charge >= 0.3 is 0 Å². The van der Waals surface area contributed by atoms with E-state index in [1.165, 1.54) is 30.5 Å². The van der Waals surface area contributed by atoms with E-state index in [-0.39, 0.29) is 12.4 Å². The number of halogens is 2. The summed E-state index contributed by atoms with van der Waals surface area (Å²) in [6.45, 7) is 1.12. The van der Waals surface area contributed by atoms with Gasteiger partial charge in [0.25, 0.3) is 0 Å². The summed E-state index contributed by atoms with van der Waals surface area (Å²) in [5, 5.41) is 0. The summed E-state index contributed by atoms with van der Waals surface area (Å²) < 4.78 is 3.44. The number of benzene rings is 1. The Balaban J connectivity index is 0.00000120. The zero-order valence-electron chi connectivity index (χ0n) is 10.1. The highest BCUT2D eigenvalue weighted by atomic mass is 79.9. The predicted molar refractivity (Wildman–Crippen MR) is 72.9 cm³/mol. The first-order chi connectivity index (χ1) is 8.34. The first-order valence-electron chi connectivity index (χ1n) is 6.14. The number of imidazole rings is 1. The Kier molecular flexibility index (Phi) is 4.46. The van der Waals surface area contributed by atoms with Gasteiger partial charge in [-0.2, -0.15) is 0 Å². The van der Waals surface area contributed by atoms with E-state index in [9.17, 15) is 0 Å². The molecule has 0 atom stereocenters. The van der Waals surface area contributed by atoms with E-state index in [0.717, 1.165) is 23.1 Å². The van der Waals surface area contributed by atoms with Crippen molar-refractivity contribution < 1.29 is 12.4 Å². The van der Waals surface area contributed by atoms with Crippen LogP contribution in [0.2, 0.25) is 0 Å². The Morgan fingerprint density at radius 3 is 2.89 bits per heavy atom. The average Bonchev–Trinajstić information content (AvgIpc) is 2.59. The molecule has 0 spiro atoms. The van der Waals surface area contributed by atoms with Gasteiger partial charge in [-0.15, -0.1) is 0 Å². The Hall–Kier alpha value is -0.800. The summed E-state index contributed by atoms with van der Waals surface area (Å²) in [6.07, 6.45) is 7.05. The smallest absolute Gasteiger partial charge is 0.0956 e. The highest BCUT2D eigenvalue weighted by Gasteiger charge is 2.14. The SMILES string of the molecule is Brc1cccc(-c2ncn3c2CCCCC3)c1.[Cl-]. The molecule has 1 aliphatic rings. The van der Waals surface area contributed by atoms with E-state index in [2.05, 4.69) is 49.7 Å². The van der Waals surface area contributed by atoms with Crippen molar-refractivity contribution in [2.75, 3.05) is 0 Å². The molecule has 3 rings (SSSR count). The van der Waals surface area contributed by atoms with Crippen LogP contribution in [0, 0.1) is 0 Å². The fourth-order valence-corrected chi connectivity index (χ4v) is 2.89. The highest BCUT2D eigenvalue weighted by Crippen LogP contribution is 2.27. The van der Waals surface area contributed by atoms with Crippen molar-refractivity contribution in [2.45, 2.75) is 32.2 Å². The normalized spacial score (nSPS) is 14.5. The summed E-state index contributed by atoms with van der Waals surface area (Å²) in [7, 11) is 0. The third-order valence-corrected chi connectivity index (χ3v) is 3.85. The largest absolute Gasteiger partial charge is 1.00 e. The van der Waals surface area contributed by atoms with Crippen molar-refractivity contribution >= 4 is 15.9 Å². The molecule has 0 fully saturated rings. The van der Waals surface area contributed by atoms with Crippen LogP contribution >= 0.6 is 15.9 Å². The molecule has 18 heavy (non-hydrogen) atoms. The monoisotopic (exact) mass is 325 g/mol. The van der Waals surface area contributed by atoms with Gasteiger partial charge in [-0.25, -0.2) is 4.98 Å². The van der Waals surface area contributed by atoms with E-state index >= 15 is 0 Å². The molecule has 1 aromatic carbocycles. The standard InChI is InChI=1S/C14H15BrN2.ClH/c15-12-6-4-5-11(9-12)14-13-7-2-1-3-8-17(13)10-16-14;/h4-6,9-10H,1-3,7-8H2;1H/p-1. The quantitative estimate of drug-likeness (QED) is 0.766. The second kappa shape index (κ2) is 5.89. The van der Waals surface area contributed by atoms with Gasteiger partial charge in [-0.1, -0.05) is 34.5 Å². The van der Waals surface area contributed by atoms with Gasteiger partial charge in [0, 0.05) is 22.3 Å². The maximum Gasteiger partial charge on any atom is 0.0956 e. The van der Waals surface area contributed by atoms with Gasteiger partial charge in [0.2, 0.25) is 0 Å². The minimum atomic E-state index is 0. The van der Waals surface area contributed by atoms with Crippen LogP contribution in [-0.2, 0) is 13.0 Å². The lowest BCUT2D eigenvalue weighted by Gasteiger charge is -2.05. The van der Waals surface area contributed by atoms with Crippen LogP contribution in [0.4, 0.5) is 0 Å². The molecule has 0 N–H and O–H groups in total. The molecule has 0 bridgehead atoms. The van der Waals surface area contributed by atoms with Gasteiger partial charge in [-0.3, -0.25) is 0 Å². The maximum absolute atomic E-state index is 4.59. The minimum Gasteiger partial charge on any atom is -1.00 e. The van der Waals surface area contributed by atoms with Crippen LogP contribution in [0.5, 0.6) is 0 Å². The molecule has 0 amide bonds. The van der Waals surface area contributed by atoms with Crippen molar-refractivity contribution in [3.63, 3.8) is 0 Å². The first-order valence-corrected chi connectivity index (χ1v) is 6.94. The van der Waals surface area contributed by atoms with Crippen LogP contribution < -0.4 is 12.4 Å². The van der Waals surface area contributed by atoms with E-state index in [4.69, 9.17) is 0 Å². The number of rotatable bonds is 1. The summed E-state index contributed by atoms with van der Waals surface area (Å²) in [6, 6.07) is 8.41. The molecule has 1 aromatic heterocycles. The molecule has 96 valence electrons. The van der Waals surface area contributed by atoms with Gasteiger partial charge in [-0.05, 0) is 31.4 Å². The van der Waals surface area contributed by atoms with Crippen LogP contribution in [0.15, 0.2) is 35.1 Å². The van der Waals surface area contributed by atoms with Crippen LogP contribution in [0.25, 0.3) is 11.3 Å². The Labute approximate surface area is 122 Å². The van der Waals surface area contributed by atoms with Gasteiger partial charge < -0.3 is 17.0 Å². The Bertz CT molecular complexity index is 536. The molecule has 0 radical (unpaired) electrons. The van der Waals surface area contributed by atoms with Crippen molar-refractivity contribution in [2.24, 2.45) is 0 Å². The lowest BCUT2D eigenvalue weighted by atomic mass is 10.1. The summed E-state index contributed by atoms with van der Waals surface area (Å²) in [4.78, 5) is 4.59. The topological polar surface area (TPSA) is 17.8 Å². The molecular formula is C14H15BrClN2-. The van der Waals surface area contributed by atoms with Crippen LogP contribution in [0.3, 0.4) is 0 Å². The number of fused-ring (bicyclic) bond motifs is 1. The van der Waals surface area contributed by atoms with Crippen LogP contribution in [0.1, 0.15) is 25.0 Å². The highest BCUT2D eigenvalue weighted by molar-refractivity contribution is 9.10. The van der Waals surface area contributed by atoms with Crippen molar-refractivity contribution in [1.29, 1.82) is 0 Å². The van der Waals surface area contributed by atoms with Gasteiger partial charge in [0.05, 0.1) is 12.0 Å². The second-order valence-electron chi connectivity index (χ2n) is 4.55. The third kappa shape index (κ3) is 2.62. The lowest BCUT2D eigenvalue weighted by Crippen LogP contribution is -3.00. The van der Waals surface area contributed by atoms with Gasteiger partial charge in [0.15, 0.2) is 0 Å². The lowest BCUT2D eigenvalue weighted by molar-refractivity contribution is -0.00000337. The van der Waals surface area contributed by atoms with Gasteiger partial charge in [0.1, 0.15) is 0 Å². The third-order valence-electron chi connectivity index (χ3n) is 3.36. The molecule has 2 aromatic rings. The summed E-state index contributed by atoms with van der Waals surface area (Å²) in [5.74, 6) is 0. The second-order valence-corrected chi connectivity index (χ2v) is 5.47. The average molecular weight is 327 g/mol. The number of aromatic nitrogens is 2. The summed E-state index contributed by atoms with van der Waals surface area (Å²) in [5.41, 5.74) is 3.78. The minimum absolute atomic E-state index is 0. The van der Waals surface area contributed by atoms with Crippen molar-refractivity contribution in [3.05, 3.63) is 40.8 Å². The fraction of sp³-hybridized carbons (Fsp3) is 0.357. The zero-order chi connectivity index (χ0) is 11.7. The van der Waals surface area contributed by atoms with E-state index in [1.54, 1.807) is 0 Å². The maximum atomic E-state index is 4.59. The molecule has 0 saturated carbocycles. The number of nitrogens with zero attached hydrogens (tertiary/aromatic N) is 2. The molecule has 0 unspecified atom stereocenters. The first kappa shape index (κ1) is 13.6. The van der Waals surface area contributed by atoms with Crippen molar-refractivity contribution in [1.82, 2.24) is 9.55 Å². The zero-order valence-corrected chi connectivity index (χ0v) is 12.4. The van der Waals surface area contributed by atoms with E-state index in [0.29, 0.717) is 0 Å². The number of aryl methyl sites for hydroxylation is 1. The van der Waals surface area contributed by atoms with Crippen LogP contribution in [-0.4, -0.2) is 9.55 Å². The molecule has 4 heteroatoms. The number of hydrogen-bond acceptors (Lipinski definition) is 1. The summed E-state index contributed by atoms with van der Waals surface area (Å²) >= 11 is 3.52. The van der Waals surface area contributed by atoms with E-state index in [1.807, 2.05) is 6.33 Å². The van der Waals surface area contributed by atoms with Crippen molar-refractivity contribution in [3.8, 4) is 11.3 Å². The number of hydrogen-bond donors (Lipinski definition) is 0. The molecule has 0 saturated heterocycles. The predicted octanol–water partition coefficient (Wildman–Crippen LogP) is 1.04. The molecule has 1 aliphatic heterocycles. The molecule has 0 aliphatic carbocycles. The molecule has 2 nitrogen and oxygen atoms in total. The fourth-order valence-electron chi connectivity index (χ4n) is 2.49. The van der Waals surface area contributed by atoms with E-state index < -0.39 is 0 Å². The Morgan fingerprint density at radius 1 is 1.17 bits per heavy atom.